The highest BCUT2D eigenvalue weighted by Gasteiger charge is 2.67. The number of hydrogen-bond acceptors (Lipinski definition) is 2. The predicted molar refractivity (Wildman–Crippen MR) is 127 cm³/mol. The second-order valence-corrected chi connectivity index (χ2v) is 13.5. The van der Waals surface area contributed by atoms with E-state index in [1.165, 1.54) is 70.6 Å². The van der Waals surface area contributed by atoms with Crippen molar-refractivity contribution < 1.29 is 0 Å². The molecule has 3 heteroatoms. The van der Waals surface area contributed by atoms with E-state index in [0.29, 0.717) is 34.5 Å². The molecular weight excluding hydrogens is 390 g/mol. The molecule has 9 atom stereocenters. The minimum absolute atomic E-state index is 0.294. The normalized spacial score (nSPS) is 49.2. The van der Waals surface area contributed by atoms with E-state index in [1.54, 1.807) is 0 Å². The van der Waals surface area contributed by atoms with E-state index in [1.807, 2.05) is 0 Å². The monoisotopic (exact) mass is 435 g/mol. The average Bonchev–Trinajstić information content (AvgIpc) is 3.05. The van der Waals surface area contributed by atoms with E-state index >= 15 is 0 Å². The Labute approximate surface area is 190 Å². The van der Waals surface area contributed by atoms with E-state index in [9.17, 15) is 4.91 Å². The summed E-state index contributed by atoms with van der Waals surface area (Å²) < 4.78 is 0. The molecule has 0 bridgehead atoms. The average molecular weight is 436 g/mol. The molecule has 0 unspecified atom stereocenters. The molecule has 4 rings (SSSR count). The number of rotatable bonds is 6. The SMILES string of the molecule is CC(C)CCC[C@@H](C)[C@@H]1CC[C@@H]2[C@@H]3[C@H](CC[C@]21C)[C@@]1(C)CCCC[C@@H]1C[C@]3(Cl)N=O. The maximum Gasteiger partial charge on any atom is 0.179 e. The van der Waals surface area contributed by atoms with Crippen molar-refractivity contribution in [2.24, 2.45) is 57.4 Å². The first-order valence-electron chi connectivity index (χ1n) is 13.2. The molecule has 0 N–H and O–H groups in total. The van der Waals surface area contributed by atoms with Gasteiger partial charge in [-0.1, -0.05) is 78.3 Å². The van der Waals surface area contributed by atoms with Gasteiger partial charge in [-0.05, 0) is 96.5 Å². The Kier molecular flexibility index (Phi) is 6.42. The summed E-state index contributed by atoms with van der Waals surface area (Å²) in [5.41, 5.74) is 0.732. The minimum Gasteiger partial charge on any atom is -0.149 e. The molecule has 0 radical (unpaired) electrons. The molecule has 0 aromatic heterocycles. The molecular formula is C27H46ClNO. The molecule has 0 aromatic carbocycles. The Morgan fingerprint density at radius 2 is 1.67 bits per heavy atom. The van der Waals surface area contributed by atoms with Crippen molar-refractivity contribution in [1.29, 1.82) is 0 Å². The van der Waals surface area contributed by atoms with Crippen molar-refractivity contribution in [3.8, 4) is 0 Å². The van der Waals surface area contributed by atoms with E-state index in [2.05, 4.69) is 39.8 Å². The molecule has 2 nitrogen and oxygen atoms in total. The Balaban J connectivity index is 1.59. The third-order valence-corrected chi connectivity index (χ3v) is 11.4. The van der Waals surface area contributed by atoms with Crippen LogP contribution in [0.1, 0.15) is 112 Å². The summed E-state index contributed by atoms with van der Waals surface area (Å²) >= 11 is 7.21. The number of halogens is 1. The van der Waals surface area contributed by atoms with Crippen LogP contribution in [0.4, 0.5) is 0 Å². The molecule has 30 heavy (non-hydrogen) atoms. The number of alkyl halides is 1. The van der Waals surface area contributed by atoms with Crippen LogP contribution >= 0.6 is 11.6 Å². The first kappa shape index (κ1) is 23.1. The zero-order valence-electron chi connectivity index (χ0n) is 20.3. The van der Waals surface area contributed by atoms with Gasteiger partial charge in [0.1, 0.15) is 0 Å². The van der Waals surface area contributed by atoms with E-state index < -0.39 is 5.00 Å². The topological polar surface area (TPSA) is 29.4 Å². The standard InChI is InChI=1S/C27H46ClNO/c1-18(2)9-8-10-19(3)21-12-13-22-24-23(14-16-26(21,22)5)25(4)15-7-6-11-20(25)17-27(24,28)29-30/h18-24H,6-17H2,1-5H3/t19-,20-,21+,22-,23+,24-,25+,26+,27+/m1/s1. The Morgan fingerprint density at radius 3 is 2.37 bits per heavy atom. The number of fused-ring (bicyclic) bond motifs is 5. The molecule has 4 fully saturated rings. The molecule has 4 aliphatic carbocycles. The fourth-order valence-corrected chi connectivity index (χ4v) is 9.84. The van der Waals surface area contributed by atoms with Crippen molar-refractivity contribution in [1.82, 2.24) is 0 Å². The molecule has 0 amide bonds. The van der Waals surface area contributed by atoms with Gasteiger partial charge in [-0.3, -0.25) is 0 Å². The molecule has 0 saturated heterocycles. The maximum absolute atomic E-state index is 12.2. The van der Waals surface area contributed by atoms with Gasteiger partial charge >= 0.3 is 0 Å². The second kappa shape index (κ2) is 8.35. The first-order chi connectivity index (χ1) is 14.2. The van der Waals surface area contributed by atoms with Gasteiger partial charge in [0, 0.05) is 5.92 Å². The molecule has 4 aliphatic rings. The van der Waals surface area contributed by atoms with Crippen LogP contribution in [-0.4, -0.2) is 5.00 Å². The Morgan fingerprint density at radius 1 is 0.933 bits per heavy atom. The fraction of sp³-hybridized carbons (Fsp3) is 1.00. The van der Waals surface area contributed by atoms with Gasteiger partial charge in [0.15, 0.2) is 5.00 Å². The lowest BCUT2D eigenvalue weighted by atomic mass is 9.43. The van der Waals surface area contributed by atoms with Crippen LogP contribution in [0.3, 0.4) is 0 Å². The Bertz CT molecular complexity index is 636. The van der Waals surface area contributed by atoms with E-state index in [-0.39, 0.29) is 0 Å². The highest BCUT2D eigenvalue weighted by atomic mass is 35.5. The van der Waals surface area contributed by atoms with Crippen LogP contribution in [0, 0.1) is 57.2 Å². The highest BCUT2D eigenvalue weighted by Crippen LogP contribution is 2.71. The summed E-state index contributed by atoms with van der Waals surface area (Å²) in [6.45, 7) is 12.3. The summed E-state index contributed by atoms with van der Waals surface area (Å²) in [6, 6.07) is 0. The molecule has 0 spiro atoms. The van der Waals surface area contributed by atoms with Gasteiger partial charge in [-0.15, -0.1) is 4.91 Å². The van der Waals surface area contributed by atoms with Gasteiger partial charge in [0.25, 0.3) is 0 Å². The molecule has 4 saturated carbocycles. The predicted octanol–water partition coefficient (Wildman–Crippen LogP) is 8.81. The third-order valence-electron chi connectivity index (χ3n) is 11.0. The molecule has 172 valence electrons. The number of nitroso groups, excluding NO2 is 1. The quantitative estimate of drug-likeness (QED) is 0.232. The summed E-state index contributed by atoms with van der Waals surface area (Å²) in [5, 5.41) is 3.73. The largest absolute Gasteiger partial charge is 0.179 e. The van der Waals surface area contributed by atoms with Crippen molar-refractivity contribution in [2.75, 3.05) is 0 Å². The van der Waals surface area contributed by atoms with Crippen molar-refractivity contribution in [3.63, 3.8) is 0 Å². The van der Waals surface area contributed by atoms with Crippen LogP contribution in [0.2, 0.25) is 0 Å². The smallest absolute Gasteiger partial charge is 0.149 e. The van der Waals surface area contributed by atoms with Crippen molar-refractivity contribution in [2.45, 2.75) is 117 Å². The minimum atomic E-state index is -0.853. The lowest BCUT2D eigenvalue weighted by Crippen LogP contribution is -2.60. The summed E-state index contributed by atoms with van der Waals surface area (Å²) in [6.07, 6.45) is 15.4. The van der Waals surface area contributed by atoms with Gasteiger partial charge in [0.05, 0.1) is 0 Å². The zero-order chi connectivity index (χ0) is 21.7. The zero-order valence-corrected chi connectivity index (χ0v) is 21.0. The number of nitrogens with zero attached hydrogens (tertiary/aromatic N) is 1. The van der Waals surface area contributed by atoms with E-state index in [0.717, 1.165) is 24.2 Å². The van der Waals surface area contributed by atoms with E-state index in [4.69, 9.17) is 11.6 Å². The van der Waals surface area contributed by atoms with Crippen LogP contribution in [0.25, 0.3) is 0 Å². The van der Waals surface area contributed by atoms with Gasteiger partial charge < -0.3 is 0 Å². The van der Waals surface area contributed by atoms with Crippen molar-refractivity contribution >= 4 is 11.6 Å². The van der Waals surface area contributed by atoms with Gasteiger partial charge in [0.2, 0.25) is 0 Å². The summed E-state index contributed by atoms with van der Waals surface area (Å²) in [4.78, 5) is 11.4. The first-order valence-corrected chi connectivity index (χ1v) is 13.6. The van der Waals surface area contributed by atoms with Crippen LogP contribution in [0.15, 0.2) is 5.18 Å². The van der Waals surface area contributed by atoms with Crippen LogP contribution < -0.4 is 0 Å². The summed E-state index contributed by atoms with van der Waals surface area (Å²) in [7, 11) is 0. The summed E-state index contributed by atoms with van der Waals surface area (Å²) in [5.74, 6) is 4.46. The third kappa shape index (κ3) is 3.60. The van der Waals surface area contributed by atoms with Crippen LogP contribution in [0.5, 0.6) is 0 Å². The molecule has 0 aliphatic heterocycles. The fourth-order valence-electron chi connectivity index (χ4n) is 9.35. The lowest BCUT2D eigenvalue weighted by molar-refractivity contribution is -0.131. The molecule has 0 heterocycles. The maximum atomic E-state index is 12.2. The lowest BCUT2D eigenvalue weighted by Gasteiger charge is -2.63. The van der Waals surface area contributed by atoms with Gasteiger partial charge in [-0.2, -0.15) is 0 Å². The van der Waals surface area contributed by atoms with Crippen LogP contribution in [-0.2, 0) is 0 Å². The number of hydrogen-bond donors (Lipinski definition) is 0. The van der Waals surface area contributed by atoms with Gasteiger partial charge in [-0.25, -0.2) is 0 Å². The molecule has 0 aromatic rings. The second-order valence-electron chi connectivity index (χ2n) is 12.8. The highest BCUT2D eigenvalue weighted by molar-refractivity contribution is 6.24. The van der Waals surface area contributed by atoms with Crippen molar-refractivity contribution in [3.05, 3.63) is 4.91 Å². The Hall–Kier alpha value is -0.110.